The van der Waals surface area contributed by atoms with Crippen molar-refractivity contribution in [2.45, 2.75) is 31.7 Å². The van der Waals surface area contributed by atoms with Gasteiger partial charge in [0.25, 0.3) is 0 Å². The highest BCUT2D eigenvalue weighted by Crippen LogP contribution is 2.32. The molecule has 0 spiro atoms. The highest BCUT2D eigenvalue weighted by Gasteiger charge is 2.33. The molecule has 23 heavy (non-hydrogen) atoms. The first-order valence-electron chi connectivity index (χ1n) is 8.24. The van der Waals surface area contributed by atoms with E-state index < -0.39 is 11.7 Å². The zero-order chi connectivity index (χ0) is 16.3. The summed E-state index contributed by atoms with van der Waals surface area (Å²) in [6.07, 6.45) is -1.68. The fourth-order valence-corrected chi connectivity index (χ4v) is 3.38. The third-order valence-corrected chi connectivity index (χ3v) is 4.67. The Labute approximate surface area is 135 Å². The zero-order valence-corrected chi connectivity index (χ0v) is 13.2. The van der Waals surface area contributed by atoms with Crippen molar-refractivity contribution in [2.24, 2.45) is 0 Å². The molecule has 0 amide bonds. The van der Waals surface area contributed by atoms with E-state index in [-0.39, 0.29) is 0 Å². The third-order valence-electron chi connectivity index (χ3n) is 4.67. The van der Waals surface area contributed by atoms with Gasteiger partial charge in [-0.3, -0.25) is 9.80 Å². The molecule has 2 aliphatic rings. The predicted octanol–water partition coefficient (Wildman–Crippen LogP) is 3.00. The molecule has 128 valence electrons. The number of nitrogens with zero attached hydrogens (tertiary/aromatic N) is 2. The number of halogens is 3. The number of benzene rings is 1. The Morgan fingerprint density at radius 2 is 1.74 bits per heavy atom. The molecule has 1 atom stereocenters. The van der Waals surface area contributed by atoms with Gasteiger partial charge >= 0.3 is 6.18 Å². The SMILES string of the molecule is FC(F)(F)c1ccccc1CN1CCN(CC2CCCO2)CC1. The molecule has 1 unspecified atom stereocenters. The average molecular weight is 328 g/mol. The van der Waals surface area contributed by atoms with E-state index in [2.05, 4.69) is 9.80 Å². The number of rotatable bonds is 4. The molecule has 0 radical (unpaired) electrons. The van der Waals surface area contributed by atoms with Gasteiger partial charge in [-0.25, -0.2) is 0 Å². The summed E-state index contributed by atoms with van der Waals surface area (Å²) < 4.78 is 44.8. The molecule has 2 fully saturated rings. The van der Waals surface area contributed by atoms with E-state index in [4.69, 9.17) is 4.74 Å². The molecule has 0 aliphatic carbocycles. The Balaban J connectivity index is 1.53. The van der Waals surface area contributed by atoms with Crippen molar-refractivity contribution in [3.05, 3.63) is 35.4 Å². The quantitative estimate of drug-likeness (QED) is 0.845. The topological polar surface area (TPSA) is 15.7 Å². The molecule has 1 aromatic rings. The van der Waals surface area contributed by atoms with E-state index in [0.717, 1.165) is 52.2 Å². The van der Waals surface area contributed by atoms with Gasteiger partial charge < -0.3 is 4.74 Å². The van der Waals surface area contributed by atoms with Gasteiger partial charge in [0.1, 0.15) is 0 Å². The minimum absolute atomic E-state index is 0.340. The number of alkyl halides is 3. The van der Waals surface area contributed by atoms with Crippen LogP contribution in [-0.4, -0.2) is 55.2 Å². The van der Waals surface area contributed by atoms with Crippen LogP contribution < -0.4 is 0 Å². The lowest BCUT2D eigenvalue weighted by Crippen LogP contribution is -2.48. The molecule has 2 saturated heterocycles. The lowest BCUT2D eigenvalue weighted by molar-refractivity contribution is -0.138. The van der Waals surface area contributed by atoms with Crippen molar-refractivity contribution in [1.29, 1.82) is 0 Å². The second-order valence-corrected chi connectivity index (χ2v) is 6.37. The predicted molar refractivity (Wildman–Crippen MR) is 82.1 cm³/mol. The molecule has 3 rings (SSSR count). The van der Waals surface area contributed by atoms with Gasteiger partial charge in [-0.1, -0.05) is 18.2 Å². The highest BCUT2D eigenvalue weighted by molar-refractivity contribution is 5.29. The molecular weight excluding hydrogens is 305 g/mol. The summed E-state index contributed by atoms with van der Waals surface area (Å²) >= 11 is 0. The maximum Gasteiger partial charge on any atom is 0.416 e. The highest BCUT2D eigenvalue weighted by atomic mass is 19.4. The van der Waals surface area contributed by atoms with Gasteiger partial charge in [-0.05, 0) is 24.5 Å². The van der Waals surface area contributed by atoms with Crippen LogP contribution in [0.25, 0.3) is 0 Å². The number of hydrogen-bond donors (Lipinski definition) is 0. The summed E-state index contributed by atoms with van der Waals surface area (Å²) in [7, 11) is 0. The van der Waals surface area contributed by atoms with Crippen LogP contribution in [0.5, 0.6) is 0 Å². The molecule has 1 aromatic carbocycles. The van der Waals surface area contributed by atoms with Crippen molar-refractivity contribution in [2.75, 3.05) is 39.3 Å². The first kappa shape index (κ1) is 16.7. The van der Waals surface area contributed by atoms with E-state index in [1.54, 1.807) is 12.1 Å². The van der Waals surface area contributed by atoms with Gasteiger partial charge in [0.05, 0.1) is 11.7 Å². The number of ether oxygens (including phenoxy) is 1. The van der Waals surface area contributed by atoms with Crippen LogP contribution in [0.15, 0.2) is 24.3 Å². The molecule has 2 heterocycles. The summed E-state index contributed by atoms with van der Waals surface area (Å²) in [6, 6.07) is 5.88. The fourth-order valence-electron chi connectivity index (χ4n) is 3.38. The van der Waals surface area contributed by atoms with E-state index in [0.29, 0.717) is 18.2 Å². The lowest BCUT2D eigenvalue weighted by Gasteiger charge is -2.36. The molecule has 2 aliphatic heterocycles. The standard InChI is InChI=1S/C17H23F3N2O/c18-17(19,20)16-6-2-1-4-14(16)12-21-7-9-22(10-8-21)13-15-5-3-11-23-15/h1-2,4,6,15H,3,5,7-13H2. The van der Waals surface area contributed by atoms with Crippen molar-refractivity contribution < 1.29 is 17.9 Å². The average Bonchev–Trinajstić information content (AvgIpc) is 3.02. The van der Waals surface area contributed by atoms with Crippen molar-refractivity contribution in [3.8, 4) is 0 Å². The molecular formula is C17H23F3N2O. The summed E-state index contributed by atoms with van der Waals surface area (Å²) in [5.41, 5.74) is -0.144. The van der Waals surface area contributed by atoms with Crippen LogP contribution in [0.3, 0.4) is 0 Å². The van der Waals surface area contributed by atoms with Crippen molar-refractivity contribution >= 4 is 0 Å². The Morgan fingerprint density at radius 3 is 2.39 bits per heavy atom. The monoisotopic (exact) mass is 328 g/mol. The van der Waals surface area contributed by atoms with Crippen LogP contribution in [0.4, 0.5) is 13.2 Å². The van der Waals surface area contributed by atoms with Crippen LogP contribution in [-0.2, 0) is 17.5 Å². The van der Waals surface area contributed by atoms with Gasteiger partial charge in [0.15, 0.2) is 0 Å². The smallest absolute Gasteiger partial charge is 0.377 e. The first-order chi connectivity index (χ1) is 11.0. The summed E-state index contributed by atoms with van der Waals surface area (Å²) in [5.74, 6) is 0. The molecule has 0 saturated carbocycles. The Kier molecular flexibility index (Phi) is 5.24. The van der Waals surface area contributed by atoms with E-state index in [1.165, 1.54) is 12.1 Å². The second kappa shape index (κ2) is 7.20. The third kappa shape index (κ3) is 4.46. The van der Waals surface area contributed by atoms with Crippen LogP contribution in [0.1, 0.15) is 24.0 Å². The summed E-state index contributed by atoms with van der Waals surface area (Å²) in [4.78, 5) is 4.47. The normalized spacial score (nSPS) is 24.2. The Hall–Kier alpha value is -1.11. The fraction of sp³-hybridized carbons (Fsp3) is 0.647. The maximum absolute atomic E-state index is 13.1. The maximum atomic E-state index is 13.1. The molecule has 6 heteroatoms. The minimum atomic E-state index is -4.28. The number of piperazine rings is 1. The Bertz CT molecular complexity index is 507. The van der Waals surface area contributed by atoms with Crippen LogP contribution in [0, 0.1) is 0 Å². The molecule has 0 bridgehead atoms. The summed E-state index contributed by atoms with van der Waals surface area (Å²) in [6.45, 7) is 5.58. The Morgan fingerprint density at radius 1 is 1.04 bits per heavy atom. The largest absolute Gasteiger partial charge is 0.416 e. The van der Waals surface area contributed by atoms with Gasteiger partial charge in [-0.2, -0.15) is 13.2 Å². The summed E-state index contributed by atoms with van der Waals surface area (Å²) in [5, 5.41) is 0. The van der Waals surface area contributed by atoms with Gasteiger partial charge in [0, 0.05) is 45.9 Å². The van der Waals surface area contributed by atoms with Gasteiger partial charge in [0.2, 0.25) is 0 Å². The lowest BCUT2D eigenvalue weighted by atomic mass is 10.1. The van der Waals surface area contributed by atoms with E-state index in [1.807, 2.05) is 0 Å². The first-order valence-corrected chi connectivity index (χ1v) is 8.24. The van der Waals surface area contributed by atoms with Crippen LogP contribution >= 0.6 is 0 Å². The molecule has 0 N–H and O–H groups in total. The van der Waals surface area contributed by atoms with Gasteiger partial charge in [-0.15, -0.1) is 0 Å². The van der Waals surface area contributed by atoms with E-state index in [9.17, 15) is 13.2 Å². The van der Waals surface area contributed by atoms with E-state index >= 15 is 0 Å². The minimum Gasteiger partial charge on any atom is -0.377 e. The second-order valence-electron chi connectivity index (χ2n) is 6.37. The van der Waals surface area contributed by atoms with Crippen molar-refractivity contribution in [1.82, 2.24) is 9.80 Å². The molecule has 0 aromatic heterocycles. The number of hydrogen-bond acceptors (Lipinski definition) is 3. The van der Waals surface area contributed by atoms with Crippen molar-refractivity contribution in [3.63, 3.8) is 0 Å². The zero-order valence-electron chi connectivity index (χ0n) is 13.2. The molecule has 3 nitrogen and oxygen atoms in total. The van der Waals surface area contributed by atoms with Crippen LogP contribution in [0.2, 0.25) is 0 Å².